The molecule has 0 radical (unpaired) electrons. The van der Waals surface area contributed by atoms with E-state index in [-0.39, 0.29) is 36.1 Å². The highest BCUT2D eigenvalue weighted by Crippen LogP contribution is 2.32. The van der Waals surface area contributed by atoms with E-state index in [1.807, 2.05) is 19.9 Å². The van der Waals surface area contributed by atoms with Crippen molar-refractivity contribution < 1.29 is 19.8 Å². The molecule has 26 heavy (non-hydrogen) atoms. The number of hydrogen-bond acceptors (Lipinski definition) is 3. The Labute approximate surface area is 158 Å². The van der Waals surface area contributed by atoms with Crippen molar-refractivity contribution >= 4 is 11.8 Å². The molecule has 0 spiro atoms. The summed E-state index contributed by atoms with van der Waals surface area (Å²) in [5, 5.41) is 17.7. The molecule has 0 unspecified atom stereocenters. The van der Waals surface area contributed by atoms with Gasteiger partial charge in [0.25, 0.3) is 0 Å². The van der Waals surface area contributed by atoms with Gasteiger partial charge in [-0.25, -0.2) is 0 Å². The summed E-state index contributed by atoms with van der Waals surface area (Å²) in [5.41, 5.74) is -0.181. The predicted molar refractivity (Wildman–Crippen MR) is 105 cm³/mol. The van der Waals surface area contributed by atoms with E-state index in [0.29, 0.717) is 0 Å². The van der Waals surface area contributed by atoms with E-state index in [0.717, 1.165) is 57.8 Å². The Morgan fingerprint density at radius 2 is 1.88 bits per heavy atom. The zero-order chi connectivity index (χ0) is 19.4. The minimum absolute atomic E-state index is 0.0585. The molecule has 0 amide bonds. The van der Waals surface area contributed by atoms with Gasteiger partial charge >= 0.3 is 5.97 Å². The van der Waals surface area contributed by atoms with Crippen molar-refractivity contribution in [2.45, 2.75) is 78.1 Å². The number of carboxylic acid groups (broad SMARTS) is 1. The first-order valence-electron chi connectivity index (χ1n) is 10.1. The van der Waals surface area contributed by atoms with Crippen LogP contribution in [0.15, 0.2) is 24.3 Å². The molecule has 0 aromatic carbocycles. The van der Waals surface area contributed by atoms with Gasteiger partial charge in [0.1, 0.15) is 0 Å². The lowest BCUT2D eigenvalue weighted by molar-refractivity contribution is -0.139. The Kier molecular flexibility index (Phi) is 10.5. The van der Waals surface area contributed by atoms with Crippen LogP contribution in [0.1, 0.15) is 78.1 Å². The molecule has 0 aliphatic heterocycles. The van der Waals surface area contributed by atoms with Crippen LogP contribution in [0.3, 0.4) is 0 Å². The van der Waals surface area contributed by atoms with Crippen LogP contribution < -0.4 is 0 Å². The second-order valence-electron chi connectivity index (χ2n) is 8.28. The van der Waals surface area contributed by atoms with Crippen molar-refractivity contribution in [1.82, 2.24) is 0 Å². The summed E-state index contributed by atoms with van der Waals surface area (Å²) in [4.78, 5) is 23.0. The molecule has 2 atom stereocenters. The third-order valence-electron chi connectivity index (χ3n) is 5.20. The van der Waals surface area contributed by atoms with Gasteiger partial charge in [0.2, 0.25) is 0 Å². The predicted octanol–water partition coefficient (Wildman–Crippen LogP) is 4.92. The minimum Gasteiger partial charge on any atom is -0.481 e. The van der Waals surface area contributed by atoms with Gasteiger partial charge in [0, 0.05) is 18.4 Å². The van der Waals surface area contributed by atoms with E-state index in [1.165, 1.54) is 0 Å². The van der Waals surface area contributed by atoms with Gasteiger partial charge < -0.3 is 10.2 Å². The van der Waals surface area contributed by atoms with Gasteiger partial charge in [-0.3, -0.25) is 9.59 Å². The number of carboxylic acids is 1. The summed E-state index contributed by atoms with van der Waals surface area (Å²) >= 11 is 0. The molecule has 1 aliphatic carbocycles. The van der Waals surface area contributed by atoms with Gasteiger partial charge in [0.15, 0.2) is 5.78 Å². The van der Waals surface area contributed by atoms with Crippen LogP contribution in [0.5, 0.6) is 0 Å². The summed E-state index contributed by atoms with van der Waals surface area (Å²) in [6, 6.07) is 0. The minimum atomic E-state index is -0.744. The van der Waals surface area contributed by atoms with Gasteiger partial charge in [-0.2, -0.15) is 0 Å². The first-order chi connectivity index (χ1) is 12.4. The Balaban J connectivity index is 2.29. The van der Waals surface area contributed by atoms with Crippen molar-refractivity contribution in [3.05, 3.63) is 24.3 Å². The van der Waals surface area contributed by atoms with Crippen molar-refractivity contribution in [3.8, 4) is 0 Å². The second-order valence-corrected chi connectivity index (χ2v) is 8.28. The molecule has 148 valence electrons. The van der Waals surface area contributed by atoms with Crippen LogP contribution >= 0.6 is 0 Å². The fraction of sp³-hybridized carbons (Fsp3) is 0.727. The van der Waals surface area contributed by atoms with Crippen LogP contribution in [-0.4, -0.2) is 28.6 Å². The Morgan fingerprint density at radius 1 is 1.15 bits per heavy atom. The maximum atomic E-state index is 12.1. The van der Waals surface area contributed by atoms with E-state index in [2.05, 4.69) is 12.2 Å². The maximum Gasteiger partial charge on any atom is 0.303 e. The molecule has 4 nitrogen and oxygen atoms in total. The topological polar surface area (TPSA) is 74.6 Å². The highest BCUT2D eigenvalue weighted by molar-refractivity contribution is 5.94. The number of carbonyl (C=O) groups excluding carboxylic acids is 1. The number of ketones is 1. The lowest BCUT2D eigenvalue weighted by atomic mass is 9.82. The van der Waals surface area contributed by atoms with Crippen LogP contribution in [0.4, 0.5) is 0 Å². The van der Waals surface area contributed by atoms with E-state index in [9.17, 15) is 9.59 Å². The molecule has 0 bridgehead atoms. The smallest absolute Gasteiger partial charge is 0.303 e. The number of unbranched alkanes of at least 4 members (excludes halogenated alkanes) is 5. The highest BCUT2D eigenvalue weighted by Gasteiger charge is 2.28. The van der Waals surface area contributed by atoms with E-state index < -0.39 is 5.97 Å². The number of hydrogen-bond donors (Lipinski definition) is 2. The molecule has 4 heteroatoms. The fourth-order valence-corrected chi connectivity index (χ4v) is 3.63. The monoisotopic (exact) mass is 364 g/mol. The Bertz CT molecular complexity index is 490. The molecule has 0 fully saturated rings. The Morgan fingerprint density at radius 3 is 2.58 bits per heavy atom. The molecule has 0 aromatic rings. The molecule has 0 aromatic heterocycles. The molecular weight excluding hydrogens is 328 g/mol. The summed E-state index contributed by atoms with van der Waals surface area (Å²) in [5.74, 6) is -0.241. The average molecular weight is 365 g/mol. The fourth-order valence-electron chi connectivity index (χ4n) is 3.63. The van der Waals surface area contributed by atoms with E-state index in [1.54, 1.807) is 6.08 Å². The summed E-state index contributed by atoms with van der Waals surface area (Å²) in [6.07, 6.45) is 17.2. The van der Waals surface area contributed by atoms with Crippen molar-refractivity contribution in [2.75, 3.05) is 6.61 Å². The van der Waals surface area contributed by atoms with E-state index >= 15 is 0 Å². The third-order valence-corrected chi connectivity index (χ3v) is 5.20. The van der Waals surface area contributed by atoms with Gasteiger partial charge in [0.05, 0.1) is 6.42 Å². The SMILES string of the molecule is CC(C)(CCCC[C@H]1C(=O)C=C[C@@H]1/C=C/CCCCCCO)CC(=O)O. The quantitative estimate of drug-likeness (QED) is 0.339. The summed E-state index contributed by atoms with van der Waals surface area (Å²) < 4.78 is 0. The van der Waals surface area contributed by atoms with Gasteiger partial charge in [-0.1, -0.05) is 57.8 Å². The van der Waals surface area contributed by atoms with Crippen molar-refractivity contribution in [1.29, 1.82) is 0 Å². The average Bonchev–Trinajstić information content (AvgIpc) is 2.90. The van der Waals surface area contributed by atoms with Crippen molar-refractivity contribution in [3.63, 3.8) is 0 Å². The lowest BCUT2D eigenvalue weighted by Crippen LogP contribution is -2.17. The normalized spacial score (nSPS) is 20.3. The summed E-state index contributed by atoms with van der Waals surface area (Å²) in [7, 11) is 0. The Hall–Kier alpha value is -1.42. The van der Waals surface area contributed by atoms with Crippen LogP contribution in [0, 0.1) is 17.3 Å². The molecule has 1 rings (SSSR count). The lowest BCUT2D eigenvalue weighted by Gasteiger charge is -2.22. The standard InChI is InChI=1S/C22H36O4/c1-22(2,17-21(25)26)15-9-8-12-19-18(13-14-20(19)24)11-7-5-3-4-6-10-16-23/h7,11,13-14,18-19,23H,3-6,8-10,12,15-17H2,1-2H3,(H,25,26)/b11-7+/t18-,19+/m0/s1. The van der Waals surface area contributed by atoms with Gasteiger partial charge in [-0.15, -0.1) is 0 Å². The molecule has 2 N–H and O–H groups in total. The molecule has 0 heterocycles. The molecular formula is C22H36O4. The molecule has 1 aliphatic rings. The number of aliphatic hydroxyl groups excluding tert-OH is 1. The zero-order valence-electron chi connectivity index (χ0n) is 16.5. The summed E-state index contributed by atoms with van der Waals surface area (Å²) in [6.45, 7) is 4.27. The first-order valence-corrected chi connectivity index (χ1v) is 10.1. The zero-order valence-corrected chi connectivity index (χ0v) is 16.5. The van der Waals surface area contributed by atoms with Crippen LogP contribution in [0.25, 0.3) is 0 Å². The van der Waals surface area contributed by atoms with E-state index in [4.69, 9.17) is 10.2 Å². The first kappa shape index (κ1) is 22.6. The number of aliphatic hydroxyl groups is 1. The number of rotatable bonds is 14. The maximum absolute atomic E-state index is 12.1. The second kappa shape index (κ2) is 12.1. The van der Waals surface area contributed by atoms with Gasteiger partial charge in [-0.05, 0) is 43.6 Å². The third kappa shape index (κ3) is 9.33. The number of allylic oxidation sites excluding steroid dienone is 4. The highest BCUT2D eigenvalue weighted by atomic mass is 16.4. The van der Waals surface area contributed by atoms with Crippen molar-refractivity contribution in [2.24, 2.45) is 17.3 Å². The van der Waals surface area contributed by atoms with Crippen LogP contribution in [-0.2, 0) is 9.59 Å². The molecule has 0 saturated heterocycles. The van der Waals surface area contributed by atoms with Crippen LogP contribution in [0.2, 0.25) is 0 Å². The number of carbonyl (C=O) groups is 2. The number of aliphatic carboxylic acids is 1. The molecule has 0 saturated carbocycles. The largest absolute Gasteiger partial charge is 0.481 e.